The summed E-state index contributed by atoms with van der Waals surface area (Å²) in [5.41, 5.74) is 5.01. The summed E-state index contributed by atoms with van der Waals surface area (Å²) in [5.74, 6) is 0. The molecule has 0 aromatic rings. The van der Waals surface area contributed by atoms with Gasteiger partial charge in [-0.15, -0.1) is 0 Å². The molecule has 0 amide bonds. The lowest BCUT2D eigenvalue weighted by molar-refractivity contribution is -0.104. The standard InChI is InChI=1S/C6H11NO2/c7-6(9)4-2-1-3-5-8/h1,3,5-6,9H,2,4,7H2/b3-1+. The van der Waals surface area contributed by atoms with Crippen LogP contribution < -0.4 is 5.73 Å². The van der Waals surface area contributed by atoms with E-state index in [0.29, 0.717) is 19.1 Å². The zero-order valence-corrected chi connectivity index (χ0v) is 5.16. The molecule has 0 saturated heterocycles. The van der Waals surface area contributed by atoms with Gasteiger partial charge in [-0.05, 0) is 18.9 Å². The zero-order chi connectivity index (χ0) is 7.11. The summed E-state index contributed by atoms with van der Waals surface area (Å²) in [5, 5.41) is 8.51. The highest BCUT2D eigenvalue weighted by Gasteiger charge is 1.89. The van der Waals surface area contributed by atoms with Crippen LogP contribution in [-0.2, 0) is 4.79 Å². The molecule has 0 fully saturated rings. The van der Waals surface area contributed by atoms with Gasteiger partial charge in [-0.25, -0.2) is 0 Å². The molecule has 0 spiro atoms. The molecule has 1 unspecified atom stereocenters. The van der Waals surface area contributed by atoms with E-state index in [2.05, 4.69) is 0 Å². The maximum absolute atomic E-state index is 9.67. The van der Waals surface area contributed by atoms with Crippen molar-refractivity contribution in [1.29, 1.82) is 0 Å². The molecule has 0 radical (unpaired) electrons. The Morgan fingerprint density at radius 1 is 1.67 bits per heavy atom. The number of carbonyl (C=O) groups excluding carboxylic acids is 1. The molecule has 3 N–H and O–H groups in total. The van der Waals surface area contributed by atoms with Crippen molar-refractivity contribution in [2.24, 2.45) is 5.73 Å². The Kier molecular flexibility index (Phi) is 5.06. The van der Waals surface area contributed by atoms with Gasteiger partial charge in [0.25, 0.3) is 0 Å². The number of hydrogen-bond acceptors (Lipinski definition) is 3. The van der Waals surface area contributed by atoms with Crippen molar-refractivity contribution in [1.82, 2.24) is 0 Å². The van der Waals surface area contributed by atoms with Crippen molar-refractivity contribution < 1.29 is 9.90 Å². The number of aldehydes is 1. The van der Waals surface area contributed by atoms with Gasteiger partial charge in [-0.3, -0.25) is 4.79 Å². The summed E-state index contributed by atoms with van der Waals surface area (Å²) in [4.78, 5) is 9.67. The molecule has 0 heterocycles. The van der Waals surface area contributed by atoms with Crippen LogP contribution in [0.1, 0.15) is 12.8 Å². The largest absolute Gasteiger partial charge is 0.379 e. The van der Waals surface area contributed by atoms with Gasteiger partial charge >= 0.3 is 0 Å². The Labute approximate surface area is 54.2 Å². The first kappa shape index (κ1) is 8.33. The molecule has 0 aromatic heterocycles. The predicted molar refractivity (Wildman–Crippen MR) is 34.6 cm³/mol. The Morgan fingerprint density at radius 2 is 2.33 bits per heavy atom. The lowest BCUT2D eigenvalue weighted by Crippen LogP contribution is -2.17. The second kappa shape index (κ2) is 5.47. The highest BCUT2D eigenvalue weighted by molar-refractivity contribution is 5.64. The Morgan fingerprint density at radius 3 is 2.78 bits per heavy atom. The van der Waals surface area contributed by atoms with E-state index in [9.17, 15) is 4.79 Å². The van der Waals surface area contributed by atoms with E-state index in [0.717, 1.165) is 0 Å². The van der Waals surface area contributed by atoms with Gasteiger partial charge in [0.05, 0.1) is 0 Å². The van der Waals surface area contributed by atoms with Crippen LogP contribution in [0, 0.1) is 0 Å². The van der Waals surface area contributed by atoms with Crippen LogP contribution in [0.15, 0.2) is 12.2 Å². The fourth-order valence-corrected chi connectivity index (χ4v) is 0.419. The first-order valence-corrected chi connectivity index (χ1v) is 2.81. The molecule has 0 aliphatic heterocycles. The van der Waals surface area contributed by atoms with Crippen molar-refractivity contribution in [3.05, 3.63) is 12.2 Å². The van der Waals surface area contributed by atoms with Gasteiger partial charge in [0.1, 0.15) is 12.5 Å². The number of allylic oxidation sites excluding steroid dienone is 2. The number of hydrogen-bond donors (Lipinski definition) is 2. The number of carbonyl (C=O) groups is 1. The van der Waals surface area contributed by atoms with Crippen LogP contribution >= 0.6 is 0 Å². The van der Waals surface area contributed by atoms with Crippen molar-refractivity contribution in [3.8, 4) is 0 Å². The Balaban J connectivity index is 3.08. The summed E-state index contributed by atoms with van der Waals surface area (Å²) in [6, 6.07) is 0. The molecule has 52 valence electrons. The van der Waals surface area contributed by atoms with Gasteiger partial charge < -0.3 is 10.8 Å². The van der Waals surface area contributed by atoms with Gasteiger partial charge in [0.2, 0.25) is 0 Å². The monoisotopic (exact) mass is 129 g/mol. The summed E-state index contributed by atoms with van der Waals surface area (Å²) < 4.78 is 0. The van der Waals surface area contributed by atoms with E-state index in [1.54, 1.807) is 6.08 Å². The van der Waals surface area contributed by atoms with Crippen LogP contribution in [0.2, 0.25) is 0 Å². The number of nitrogens with two attached hydrogens (primary N) is 1. The first-order valence-electron chi connectivity index (χ1n) is 2.81. The van der Waals surface area contributed by atoms with Gasteiger partial charge in [0, 0.05) is 0 Å². The SMILES string of the molecule is NC(O)CC/C=C/C=O. The Bertz CT molecular complexity index is 99.2. The smallest absolute Gasteiger partial charge is 0.142 e. The van der Waals surface area contributed by atoms with E-state index in [1.165, 1.54) is 6.08 Å². The number of aliphatic hydroxyl groups excluding tert-OH is 1. The molecule has 0 rings (SSSR count). The molecule has 0 aromatic carbocycles. The maximum atomic E-state index is 9.67. The fourth-order valence-electron chi connectivity index (χ4n) is 0.419. The summed E-state index contributed by atoms with van der Waals surface area (Å²) >= 11 is 0. The average molecular weight is 129 g/mol. The lowest BCUT2D eigenvalue weighted by Gasteiger charge is -1.97. The van der Waals surface area contributed by atoms with Crippen LogP contribution in [0.4, 0.5) is 0 Å². The van der Waals surface area contributed by atoms with Crippen LogP contribution in [0.5, 0.6) is 0 Å². The molecule has 1 atom stereocenters. The molecular weight excluding hydrogens is 118 g/mol. The van der Waals surface area contributed by atoms with Crippen molar-refractivity contribution >= 4 is 6.29 Å². The topological polar surface area (TPSA) is 63.3 Å². The second-order valence-corrected chi connectivity index (χ2v) is 1.71. The third kappa shape index (κ3) is 7.33. The minimum absolute atomic E-state index is 0.504. The van der Waals surface area contributed by atoms with E-state index < -0.39 is 6.23 Å². The molecule has 0 aliphatic carbocycles. The van der Waals surface area contributed by atoms with E-state index >= 15 is 0 Å². The van der Waals surface area contributed by atoms with Crippen LogP contribution in [0.25, 0.3) is 0 Å². The van der Waals surface area contributed by atoms with Crippen molar-refractivity contribution in [2.75, 3.05) is 0 Å². The number of aliphatic hydroxyl groups is 1. The van der Waals surface area contributed by atoms with E-state index in [4.69, 9.17) is 10.8 Å². The van der Waals surface area contributed by atoms with E-state index in [1.807, 2.05) is 0 Å². The Hall–Kier alpha value is -0.670. The molecular formula is C6H11NO2. The average Bonchev–Trinajstić information content (AvgIpc) is 1.80. The molecule has 0 saturated carbocycles. The fraction of sp³-hybridized carbons (Fsp3) is 0.500. The third-order valence-corrected chi connectivity index (χ3v) is 0.844. The minimum atomic E-state index is -0.763. The predicted octanol–water partition coefficient (Wildman–Crippen LogP) is -0.201. The van der Waals surface area contributed by atoms with Crippen LogP contribution in [0.3, 0.4) is 0 Å². The number of rotatable bonds is 4. The van der Waals surface area contributed by atoms with Gasteiger partial charge in [0.15, 0.2) is 0 Å². The van der Waals surface area contributed by atoms with E-state index in [-0.39, 0.29) is 0 Å². The van der Waals surface area contributed by atoms with Crippen LogP contribution in [-0.4, -0.2) is 17.6 Å². The zero-order valence-electron chi connectivity index (χ0n) is 5.16. The highest BCUT2D eigenvalue weighted by atomic mass is 16.3. The summed E-state index contributed by atoms with van der Waals surface area (Å²) in [6.45, 7) is 0. The molecule has 3 heteroatoms. The van der Waals surface area contributed by atoms with Crippen molar-refractivity contribution in [3.63, 3.8) is 0 Å². The summed E-state index contributed by atoms with van der Waals surface area (Å²) in [6.07, 6.45) is 4.15. The summed E-state index contributed by atoms with van der Waals surface area (Å²) in [7, 11) is 0. The maximum Gasteiger partial charge on any atom is 0.142 e. The first-order chi connectivity index (χ1) is 4.27. The molecule has 3 nitrogen and oxygen atoms in total. The quantitative estimate of drug-likeness (QED) is 0.314. The van der Waals surface area contributed by atoms with Crippen molar-refractivity contribution in [2.45, 2.75) is 19.1 Å². The lowest BCUT2D eigenvalue weighted by atomic mass is 10.3. The van der Waals surface area contributed by atoms with Gasteiger partial charge in [-0.1, -0.05) is 6.08 Å². The minimum Gasteiger partial charge on any atom is -0.379 e. The molecule has 9 heavy (non-hydrogen) atoms. The highest BCUT2D eigenvalue weighted by Crippen LogP contribution is 1.90. The molecule has 0 bridgehead atoms. The third-order valence-electron chi connectivity index (χ3n) is 0.844. The normalized spacial score (nSPS) is 14.0. The van der Waals surface area contributed by atoms with Gasteiger partial charge in [-0.2, -0.15) is 0 Å². The molecule has 0 aliphatic rings. The second-order valence-electron chi connectivity index (χ2n) is 1.71.